The SMILES string of the molecule is Cc1nc(C)c(C(=O)NC(CCO)C2CC2)s1. The van der Waals surface area contributed by atoms with E-state index >= 15 is 0 Å². The molecule has 5 heteroatoms. The molecule has 1 atom stereocenters. The molecule has 1 saturated carbocycles. The molecule has 4 nitrogen and oxygen atoms in total. The van der Waals surface area contributed by atoms with Gasteiger partial charge >= 0.3 is 0 Å². The highest BCUT2D eigenvalue weighted by Crippen LogP contribution is 2.34. The number of nitrogens with one attached hydrogen (secondary N) is 1. The molecule has 17 heavy (non-hydrogen) atoms. The van der Waals surface area contributed by atoms with Gasteiger partial charge in [0.05, 0.1) is 10.7 Å². The largest absolute Gasteiger partial charge is 0.396 e. The Labute approximate surface area is 105 Å². The second-order valence-corrected chi connectivity index (χ2v) is 5.78. The monoisotopic (exact) mass is 254 g/mol. The van der Waals surface area contributed by atoms with Crippen LogP contribution in [0.2, 0.25) is 0 Å². The minimum Gasteiger partial charge on any atom is -0.396 e. The van der Waals surface area contributed by atoms with E-state index in [2.05, 4.69) is 10.3 Å². The van der Waals surface area contributed by atoms with Crippen LogP contribution in [0.1, 0.15) is 39.6 Å². The van der Waals surface area contributed by atoms with Crippen LogP contribution in [0.25, 0.3) is 0 Å². The minimum absolute atomic E-state index is 0.0431. The first-order valence-corrected chi connectivity index (χ1v) is 6.79. The summed E-state index contributed by atoms with van der Waals surface area (Å²) in [6.45, 7) is 3.89. The number of carbonyl (C=O) groups is 1. The summed E-state index contributed by atoms with van der Waals surface area (Å²) in [5.41, 5.74) is 0.795. The molecule has 2 rings (SSSR count). The number of aromatic nitrogens is 1. The lowest BCUT2D eigenvalue weighted by Gasteiger charge is -2.16. The summed E-state index contributed by atoms with van der Waals surface area (Å²) in [4.78, 5) is 17.0. The molecule has 1 aromatic rings. The molecule has 0 radical (unpaired) electrons. The molecule has 1 aliphatic rings. The van der Waals surface area contributed by atoms with Crippen LogP contribution in [0.3, 0.4) is 0 Å². The van der Waals surface area contributed by atoms with Crippen molar-refractivity contribution in [2.75, 3.05) is 6.61 Å². The fourth-order valence-electron chi connectivity index (χ4n) is 2.04. The van der Waals surface area contributed by atoms with Gasteiger partial charge in [-0.3, -0.25) is 4.79 Å². The number of amides is 1. The van der Waals surface area contributed by atoms with Crippen molar-refractivity contribution in [1.29, 1.82) is 0 Å². The van der Waals surface area contributed by atoms with Crippen LogP contribution in [0.15, 0.2) is 0 Å². The average molecular weight is 254 g/mol. The van der Waals surface area contributed by atoms with E-state index in [-0.39, 0.29) is 18.6 Å². The third-order valence-electron chi connectivity index (χ3n) is 3.06. The molecule has 1 aliphatic carbocycles. The molecule has 0 aliphatic heterocycles. The highest BCUT2D eigenvalue weighted by molar-refractivity contribution is 7.13. The van der Waals surface area contributed by atoms with E-state index in [0.717, 1.165) is 23.5 Å². The van der Waals surface area contributed by atoms with Gasteiger partial charge in [0.1, 0.15) is 4.88 Å². The number of rotatable bonds is 5. The smallest absolute Gasteiger partial charge is 0.263 e. The Balaban J connectivity index is 2.02. The molecule has 1 amide bonds. The maximum atomic E-state index is 12.1. The van der Waals surface area contributed by atoms with Gasteiger partial charge in [0.25, 0.3) is 5.91 Å². The number of hydrogen-bond acceptors (Lipinski definition) is 4. The van der Waals surface area contributed by atoms with Crippen molar-refractivity contribution in [1.82, 2.24) is 10.3 Å². The Hall–Kier alpha value is -0.940. The molecule has 1 fully saturated rings. The normalized spacial score (nSPS) is 16.9. The van der Waals surface area contributed by atoms with Crippen molar-refractivity contribution in [2.45, 2.75) is 39.2 Å². The molecule has 94 valence electrons. The number of hydrogen-bond donors (Lipinski definition) is 2. The molecule has 2 N–H and O–H groups in total. The van der Waals surface area contributed by atoms with Crippen molar-refractivity contribution >= 4 is 17.2 Å². The van der Waals surface area contributed by atoms with Crippen molar-refractivity contribution in [3.63, 3.8) is 0 Å². The maximum absolute atomic E-state index is 12.1. The molecular formula is C12H18N2O2S. The molecule has 1 aromatic heterocycles. The molecular weight excluding hydrogens is 236 g/mol. The summed E-state index contributed by atoms with van der Waals surface area (Å²) in [5, 5.41) is 12.9. The Morgan fingerprint density at radius 1 is 1.59 bits per heavy atom. The third-order valence-corrected chi connectivity index (χ3v) is 4.13. The van der Waals surface area contributed by atoms with Crippen molar-refractivity contribution in [3.8, 4) is 0 Å². The van der Waals surface area contributed by atoms with E-state index in [9.17, 15) is 4.79 Å². The highest BCUT2D eigenvalue weighted by atomic mass is 32.1. The van der Waals surface area contributed by atoms with E-state index in [1.807, 2.05) is 13.8 Å². The van der Waals surface area contributed by atoms with Gasteiger partial charge in [0.2, 0.25) is 0 Å². The summed E-state index contributed by atoms with van der Waals surface area (Å²) < 4.78 is 0. The first-order valence-electron chi connectivity index (χ1n) is 5.97. The average Bonchev–Trinajstić information content (AvgIpc) is 3.04. The molecule has 0 spiro atoms. The number of aryl methyl sites for hydroxylation is 2. The fourth-order valence-corrected chi connectivity index (χ4v) is 2.86. The number of carbonyl (C=O) groups excluding carboxylic acids is 1. The molecule has 0 saturated heterocycles. The van der Waals surface area contributed by atoms with Crippen LogP contribution < -0.4 is 5.32 Å². The van der Waals surface area contributed by atoms with Gasteiger partial charge in [0.15, 0.2) is 0 Å². The molecule has 0 bridgehead atoms. The first-order chi connectivity index (χ1) is 8.11. The van der Waals surface area contributed by atoms with Crippen LogP contribution in [-0.4, -0.2) is 28.6 Å². The molecule has 0 aromatic carbocycles. The van der Waals surface area contributed by atoms with Crippen LogP contribution in [-0.2, 0) is 0 Å². The van der Waals surface area contributed by atoms with Gasteiger partial charge in [-0.05, 0) is 39.0 Å². The van der Waals surface area contributed by atoms with Crippen LogP contribution in [0.4, 0.5) is 0 Å². The van der Waals surface area contributed by atoms with Crippen LogP contribution in [0.5, 0.6) is 0 Å². The lowest BCUT2D eigenvalue weighted by molar-refractivity contribution is 0.0927. The predicted molar refractivity (Wildman–Crippen MR) is 67.3 cm³/mol. The Morgan fingerprint density at radius 3 is 2.76 bits per heavy atom. The zero-order chi connectivity index (χ0) is 12.4. The summed E-state index contributed by atoms with van der Waals surface area (Å²) in [7, 11) is 0. The second-order valence-electron chi connectivity index (χ2n) is 4.58. The Morgan fingerprint density at radius 2 is 2.29 bits per heavy atom. The lowest BCUT2D eigenvalue weighted by atomic mass is 10.1. The Bertz CT molecular complexity index is 413. The zero-order valence-corrected chi connectivity index (χ0v) is 11.0. The van der Waals surface area contributed by atoms with E-state index in [4.69, 9.17) is 5.11 Å². The van der Waals surface area contributed by atoms with Crippen LogP contribution in [0, 0.1) is 19.8 Å². The van der Waals surface area contributed by atoms with Gasteiger partial charge in [-0.15, -0.1) is 11.3 Å². The summed E-state index contributed by atoms with van der Waals surface area (Å²) in [6, 6.07) is 0.120. The fraction of sp³-hybridized carbons (Fsp3) is 0.667. The quantitative estimate of drug-likeness (QED) is 0.840. The van der Waals surface area contributed by atoms with Crippen molar-refractivity contribution in [2.24, 2.45) is 5.92 Å². The number of nitrogens with zero attached hydrogens (tertiary/aromatic N) is 1. The number of aliphatic hydroxyl groups excluding tert-OH is 1. The van der Waals surface area contributed by atoms with Gasteiger partial charge in [-0.2, -0.15) is 0 Å². The van der Waals surface area contributed by atoms with E-state index in [0.29, 0.717) is 17.2 Å². The van der Waals surface area contributed by atoms with Gasteiger partial charge in [-0.1, -0.05) is 0 Å². The number of thiazole rings is 1. The van der Waals surface area contributed by atoms with E-state index in [1.165, 1.54) is 11.3 Å². The third kappa shape index (κ3) is 3.04. The maximum Gasteiger partial charge on any atom is 0.263 e. The number of aliphatic hydroxyl groups is 1. The van der Waals surface area contributed by atoms with Crippen LogP contribution >= 0.6 is 11.3 Å². The zero-order valence-electron chi connectivity index (χ0n) is 10.2. The van der Waals surface area contributed by atoms with Crippen molar-refractivity contribution in [3.05, 3.63) is 15.6 Å². The van der Waals surface area contributed by atoms with Gasteiger partial charge in [0, 0.05) is 12.6 Å². The topological polar surface area (TPSA) is 62.2 Å². The standard InChI is InChI=1S/C12H18N2O2S/c1-7-11(17-8(2)13-7)12(16)14-10(5-6-15)9-3-4-9/h9-10,15H,3-6H2,1-2H3,(H,14,16). The summed E-state index contributed by atoms with van der Waals surface area (Å²) in [6.07, 6.45) is 2.96. The Kier molecular flexibility index (Phi) is 3.79. The van der Waals surface area contributed by atoms with E-state index < -0.39 is 0 Å². The summed E-state index contributed by atoms with van der Waals surface area (Å²) in [5.74, 6) is 0.513. The van der Waals surface area contributed by atoms with Gasteiger partial charge < -0.3 is 10.4 Å². The van der Waals surface area contributed by atoms with Crippen molar-refractivity contribution < 1.29 is 9.90 Å². The lowest BCUT2D eigenvalue weighted by Crippen LogP contribution is -2.37. The molecule has 1 unspecified atom stereocenters. The molecule has 1 heterocycles. The minimum atomic E-state index is -0.0431. The van der Waals surface area contributed by atoms with E-state index in [1.54, 1.807) is 0 Å². The predicted octanol–water partition coefficient (Wildman–Crippen LogP) is 1.65. The highest BCUT2D eigenvalue weighted by Gasteiger charge is 2.32. The first kappa shape index (κ1) is 12.5. The second kappa shape index (κ2) is 5.14. The summed E-state index contributed by atoms with van der Waals surface area (Å²) >= 11 is 1.43. The van der Waals surface area contributed by atoms with Gasteiger partial charge in [-0.25, -0.2) is 4.98 Å².